The third-order valence-electron chi connectivity index (χ3n) is 4.24. The number of rotatable bonds is 2. The Kier molecular flexibility index (Phi) is 5.94. The number of alkyl halides is 3. The molecule has 4 nitrogen and oxygen atoms in total. The van der Waals surface area contributed by atoms with Crippen molar-refractivity contribution in [3.63, 3.8) is 0 Å². The van der Waals surface area contributed by atoms with E-state index >= 15 is 0 Å². The highest BCUT2D eigenvalue weighted by Crippen LogP contribution is 2.39. The summed E-state index contributed by atoms with van der Waals surface area (Å²) in [5.74, 6) is 0.00731. The number of hydrogen-bond donors (Lipinski definition) is 1. The van der Waals surface area contributed by atoms with Gasteiger partial charge in [-0.25, -0.2) is 4.98 Å². The van der Waals surface area contributed by atoms with Gasteiger partial charge in [0, 0.05) is 36.6 Å². The topological polar surface area (TPSA) is 37.4 Å². The van der Waals surface area contributed by atoms with Crippen molar-refractivity contribution in [2.45, 2.75) is 37.5 Å². The van der Waals surface area contributed by atoms with Gasteiger partial charge in [0.25, 0.3) is 0 Å². The largest absolute Gasteiger partial charge is 0.401 e. The second-order valence-electron chi connectivity index (χ2n) is 6.22. The van der Waals surface area contributed by atoms with Crippen molar-refractivity contribution < 1.29 is 17.9 Å². The quantitative estimate of drug-likeness (QED) is 0.867. The molecule has 2 aliphatic heterocycles. The first-order valence-corrected chi connectivity index (χ1v) is 8.23. The number of hydrogen-bond acceptors (Lipinski definition) is 5. The first-order valence-electron chi connectivity index (χ1n) is 7.41. The lowest BCUT2D eigenvalue weighted by Crippen LogP contribution is -2.58. The molecule has 2 unspecified atom stereocenters. The fraction of sp³-hybridized carbons (Fsp3) is 0.786. The summed E-state index contributed by atoms with van der Waals surface area (Å²) in [4.78, 5) is 6.96. The van der Waals surface area contributed by atoms with Crippen LogP contribution in [0.4, 0.5) is 13.2 Å². The lowest BCUT2D eigenvalue weighted by Gasteiger charge is -2.47. The summed E-state index contributed by atoms with van der Waals surface area (Å²) in [6.07, 6.45) is -0.911. The van der Waals surface area contributed by atoms with Crippen LogP contribution >= 0.6 is 23.7 Å². The van der Waals surface area contributed by atoms with Crippen molar-refractivity contribution in [3.8, 4) is 0 Å². The van der Waals surface area contributed by atoms with Gasteiger partial charge in [0.1, 0.15) is 0 Å². The molecule has 0 bridgehead atoms. The first-order chi connectivity index (χ1) is 10.4. The van der Waals surface area contributed by atoms with Crippen LogP contribution in [0.15, 0.2) is 6.20 Å². The number of aromatic nitrogens is 1. The average molecular weight is 372 g/mol. The van der Waals surface area contributed by atoms with E-state index in [1.54, 1.807) is 17.5 Å². The molecule has 132 valence electrons. The van der Waals surface area contributed by atoms with E-state index in [1.165, 1.54) is 4.90 Å². The number of nitrogens with one attached hydrogen (secondary N) is 1. The summed E-state index contributed by atoms with van der Waals surface area (Å²) in [5.41, 5.74) is -0.487. The van der Waals surface area contributed by atoms with Crippen LogP contribution in [0.3, 0.4) is 0 Å². The zero-order chi connectivity index (χ0) is 15.8. The smallest absolute Gasteiger partial charge is 0.358 e. The van der Waals surface area contributed by atoms with Gasteiger partial charge in [0.05, 0.1) is 23.9 Å². The van der Waals surface area contributed by atoms with E-state index in [0.29, 0.717) is 19.8 Å². The SMILES string of the molecule is Cc1cnc(C2CN(CC(F)(F)F)CC3(CCNCO3)C2)s1.Cl. The Balaban J connectivity index is 0.00000192. The van der Waals surface area contributed by atoms with Gasteiger partial charge in [-0.05, 0) is 19.8 Å². The maximum absolute atomic E-state index is 12.8. The van der Waals surface area contributed by atoms with E-state index in [9.17, 15) is 13.2 Å². The first kappa shape index (κ1) is 18.9. The fourth-order valence-corrected chi connectivity index (χ4v) is 4.28. The molecule has 0 aliphatic carbocycles. The number of nitrogens with zero attached hydrogens (tertiary/aromatic N) is 2. The number of ether oxygens (including phenoxy) is 1. The van der Waals surface area contributed by atoms with Crippen LogP contribution in [-0.4, -0.2) is 54.6 Å². The van der Waals surface area contributed by atoms with Crippen LogP contribution in [-0.2, 0) is 4.74 Å². The normalized spacial score (nSPS) is 29.5. The number of likely N-dealkylation sites (tertiary alicyclic amines) is 1. The second kappa shape index (κ2) is 7.23. The Morgan fingerprint density at radius 3 is 2.87 bits per heavy atom. The van der Waals surface area contributed by atoms with Crippen molar-refractivity contribution in [2.75, 3.05) is 32.9 Å². The van der Waals surface area contributed by atoms with E-state index in [4.69, 9.17) is 4.74 Å². The van der Waals surface area contributed by atoms with Crippen molar-refractivity contribution >= 4 is 23.7 Å². The van der Waals surface area contributed by atoms with Gasteiger partial charge in [0.15, 0.2) is 0 Å². The molecule has 3 heterocycles. The fourth-order valence-electron chi connectivity index (χ4n) is 3.41. The highest BCUT2D eigenvalue weighted by atomic mass is 35.5. The molecule has 2 atom stereocenters. The predicted molar refractivity (Wildman–Crippen MR) is 85.3 cm³/mol. The molecule has 0 amide bonds. The summed E-state index contributed by atoms with van der Waals surface area (Å²) < 4.78 is 44.3. The van der Waals surface area contributed by atoms with Crippen LogP contribution < -0.4 is 5.32 Å². The Labute approximate surface area is 143 Å². The Morgan fingerprint density at radius 1 is 1.52 bits per heavy atom. The van der Waals surface area contributed by atoms with E-state index in [-0.39, 0.29) is 18.3 Å². The van der Waals surface area contributed by atoms with Crippen molar-refractivity contribution in [2.24, 2.45) is 0 Å². The molecule has 23 heavy (non-hydrogen) atoms. The molecular formula is C14H21ClF3N3OS. The summed E-state index contributed by atoms with van der Waals surface area (Å²) in [5, 5.41) is 4.02. The average Bonchev–Trinajstić information content (AvgIpc) is 2.84. The van der Waals surface area contributed by atoms with Gasteiger partial charge in [-0.15, -0.1) is 23.7 Å². The third kappa shape index (κ3) is 4.79. The molecular weight excluding hydrogens is 351 g/mol. The van der Waals surface area contributed by atoms with Gasteiger partial charge in [-0.2, -0.15) is 13.2 Å². The number of halogens is 4. The molecule has 1 aromatic heterocycles. The molecule has 2 fully saturated rings. The summed E-state index contributed by atoms with van der Waals surface area (Å²) in [6.45, 7) is 3.01. The Hall–Kier alpha value is -0.410. The molecule has 1 spiro atoms. The van der Waals surface area contributed by atoms with E-state index < -0.39 is 18.3 Å². The van der Waals surface area contributed by atoms with Gasteiger partial charge in [-0.1, -0.05) is 0 Å². The lowest BCUT2D eigenvalue weighted by molar-refractivity contribution is -0.174. The molecule has 0 aromatic carbocycles. The molecule has 0 saturated carbocycles. The van der Waals surface area contributed by atoms with Gasteiger partial charge in [-0.3, -0.25) is 10.2 Å². The predicted octanol–water partition coefficient (Wildman–Crippen LogP) is 2.93. The van der Waals surface area contributed by atoms with Crippen molar-refractivity contribution in [1.29, 1.82) is 0 Å². The monoisotopic (exact) mass is 371 g/mol. The van der Waals surface area contributed by atoms with Gasteiger partial charge >= 0.3 is 6.18 Å². The minimum atomic E-state index is -4.19. The van der Waals surface area contributed by atoms with Crippen LogP contribution in [0.25, 0.3) is 0 Å². The number of aryl methyl sites for hydroxylation is 1. The zero-order valence-electron chi connectivity index (χ0n) is 12.9. The minimum absolute atomic E-state index is 0. The molecule has 3 rings (SSSR count). The Morgan fingerprint density at radius 2 is 2.30 bits per heavy atom. The van der Waals surface area contributed by atoms with E-state index in [0.717, 1.165) is 29.3 Å². The summed E-state index contributed by atoms with van der Waals surface area (Å²) in [6, 6.07) is 0. The van der Waals surface area contributed by atoms with E-state index in [1.807, 2.05) is 6.92 Å². The van der Waals surface area contributed by atoms with E-state index in [2.05, 4.69) is 10.3 Å². The lowest BCUT2D eigenvalue weighted by atomic mass is 9.82. The van der Waals surface area contributed by atoms with Crippen molar-refractivity contribution in [3.05, 3.63) is 16.1 Å². The summed E-state index contributed by atoms with van der Waals surface area (Å²) in [7, 11) is 0. The van der Waals surface area contributed by atoms with Crippen LogP contribution in [0.5, 0.6) is 0 Å². The number of piperidine rings is 1. The van der Waals surface area contributed by atoms with Gasteiger partial charge < -0.3 is 4.74 Å². The highest BCUT2D eigenvalue weighted by molar-refractivity contribution is 7.11. The maximum atomic E-state index is 12.8. The minimum Gasteiger partial charge on any atom is -0.358 e. The third-order valence-corrected chi connectivity index (χ3v) is 5.31. The van der Waals surface area contributed by atoms with Crippen LogP contribution in [0.1, 0.15) is 28.6 Å². The van der Waals surface area contributed by atoms with Crippen LogP contribution in [0, 0.1) is 6.92 Å². The second-order valence-corrected chi connectivity index (χ2v) is 7.48. The van der Waals surface area contributed by atoms with Crippen molar-refractivity contribution in [1.82, 2.24) is 15.2 Å². The molecule has 2 saturated heterocycles. The maximum Gasteiger partial charge on any atom is 0.401 e. The molecule has 0 radical (unpaired) electrons. The molecule has 2 aliphatic rings. The molecule has 1 N–H and O–H groups in total. The standard InChI is InChI=1S/C14H20F3N3OS.ClH/c1-10-5-19-12(22-10)11-4-13(2-3-18-9-21-13)7-20(6-11)8-14(15,16)17;/h5,11,18H,2-4,6-9H2,1H3;1H. The molecule has 1 aromatic rings. The van der Waals surface area contributed by atoms with Gasteiger partial charge in [0.2, 0.25) is 0 Å². The summed E-state index contributed by atoms with van der Waals surface area (Å²) >= 11 is 1.57. The zero-order valence-corrected chi connectivity index (χ0v) is 14.5. The molecule has 9 heteroatoms. The highest BCUT2D eigenvalue weighted by Gasteiger charge is 2.45. The number of thiazole rings is 1. The Bertz CT molecular complexity index is 520. The van der Waals surface area contributed by atoms with Crippen LogP contribution in [0.2, 0.25) is 0 Å².